The van der Waals surface area contributed by atoms with Crippen molar-refractivity contribution in [3.63, 3.8) is 0 Å². The molecule has 0 aromatic heterocycles. The smallest absolute Gasteiger partial charge is 0.0601 e. The Labute approximate surface area is 79.8 Å². The first-order chi connectivity index (χ1) is 6.38. The van der Waals surface area contributed by atoms with E-state index in [4.69, 9.17) is 9.47 Å². The van der Waals surface area contributed by atoms with Crippen LogP contribution in [0.2, 0.25) is 0 Å². The highest BCUT2D eigenvalue weighted by Gasteiger charge is 2.29. The SMILES string of the molecule is COC1CC(NCC2CCOC2)C1. The maximum absolute atomic E-state index is 5.32. The Bertz CT molecular complexity index is 151. The number of hydrogen-bond donors (Lipinski definition) is 1. The molecule has 1 atom stereocenters. The summed E-state index contributed by atoms with van der Waals surface area (Å²) in [6.07, 6.45) is 4.11. The minimum atomic E-state index is 0.511. The van der Waals surface area contributed by atoms with Crippen LogP contribution in [0, 0.1) is 5.92 Å². The van der Waals surface area contributed by atoms with Crippen LogP contribution in [-0.2, 0) is 9.47 Å². The molecule has 0 spiro atoms. The van der Waals surface area contributed by atoms with Gasteiger partial charge in [0.25, 0.3) is 0 Å². The van der Waals surface area contributed by atoms with Crippen LogP contribution in [-0.4, -0.2) is 39.0 Å². The van der Waals surface area contributed by atoms with E-state index in [9.17, 15) is 0 Å². The number of rotatable bonds is 4. The highest BCUT2D eigenvalue weighted by molar-refractivity contribution is 4.86. The molecule has 0 amide bonds. The molecule has 3 heteroatoms. The van der Waals surface area contributed by atoms with Gasteiger partial charge in [-0.2, -0.15) is 0 Å². The van der Waals surface area contributed by atoms with Crippen LogP contribution in [0.3, 0.4) is 0 Å². The van der Waals surface area contributed by atoms with Gasteiger partial charge < -0.3 is 14.8 Å². The molecule has 76 valence electrons. The summed E-state index contributed by atoms with van der Waals surface area (Å²) in [5.74, 6) is 0.751. The van der Waals surface area contributed by atoms with Gasteiger partial charge in [-0.05, 0) is 25.2 Å². The van der Waals surface area contributed by atoms with Crippen LogP contribution in [0.25, 0.3) is 0 Å². The van der Waals surface area contributed by atoms with Crippen LogP contribution in [0.1, 0.15) is 19.3 Å². The lowest BCUT2D eigenvalue weighted by Gasteiger charge is -2.35. The van der Waals surface area contributed by atoms with Gasteiger partial charge in [0.05, 0.1) is 12.7 Å². The van der Waals surface area contributed by atoms with Crippen LogP contribution >= 0.6 is 0 Å². The molecule has 1 aliphatic heterocycles. The van der Waals surface area contributed by atoms with Crippen molar-refractivity contribution in [2.75, 3.05) is 26.9 Å². The van der Waals surface area contributed by atoms with Crippen molar-refractivity contribution < 1.29 is 9.47 Å². The molecule has 2 rings (SSSR count). The summed E-state index contributed by atoms with van der Waals surface area (Å²) >= 11 is 0. The molecule has 1 heterocycles. The molecular weight excluding hydrogens is 166 g/mol. The second kappa shape index (κ2) is 4.40. The van der Waals surface area contributed by atoms with Crippen molar-refractivity contribution >= 4 is 0 Å². The Hall–Kier alpha value is -0.120. The second-order valence-electron chi connectivity index (χ2n) is 4.16. The molecule has 3 nitrogen and oxygen atoms in total. The predicted octanol–water partition coefficient (Wildman–Crippen LogP) is 0.790. The van der Waals surface area contributed by atoms with Gasteiger partial charge in [0, 0.05) is 26.3 Å². The molecule has 0 aromatic rings. The Morgan fingerprint density at radius 1 is 1.46 bits per heavy atom. The fourth-order valence-electron chi connectivity index (χ4n) is 2.00. The van der Waals surface area contributed by atoms with Gasteiger partial charge in [-0.15, -0.1) is 0 Å². The zero-order valence-electron chi connectivity index (χ0n) is 8.29. The lowest BCUT2D eigenvalue weighted by Crippen LogP contribution is -2.46. The summed E-state index contributed by atoms with van der Waals surface area (Å²) in [7, 11) is 1.80. The Balaban J connectivity index is 1.54. The Morgan fingerprint density at radius 3 is 2.92 bits per heavy atom. The van der Waals surface area contributed by atoms with E-state index in [1.807, 2.05) is 0 Å². The maximum atomic E-state index is 5.32. The average Bonchev–Trinajstić information content (AvgIpc) is 2.54. The summed E-state index contributed by atoms with van der Waals surface area (Å²) < 4.78 is 10.5. The lowest BCUT2D eigenvalue weighted by molar-refractivity contribution is 0.0163. The summed E-state index contributed by atoms with van der Waals surface area (Å²) in [6.45, 7) is 3.03. The molecule has 0 radical (unpaired) electrons. The van der Waals surface area contributed by atoms with Crippen molar-refractivity contribution in [1.82, 2.24) is 5.32 Å². The van der Waals surface area contributed by atoms with Gasteiger partial charge in [-0.25, -0.2) is 0 Å². The molecule has 1 N–H and O–H groups in total. The summed E-state index contributed by atoms with van der Waals surface area (Å²) in [5, 5.41) is 3.57. The average molecular weight is 185 g/mol. The Morgan fingerprint density at radius 2 is 2.31 bits per heavy atom. The van der Waals surface area contributed by atoms with Crippen LogP contribution in [0.4, 0.5) is 0 Å². The molecule has 2 fully saturated rings. The van der Waals surface area contributed by atoms with Crippen molar-refractivity contribution in [2.24, 2.45) is 5.92 Å². The Kier molecular flexibility index (Phi) is 3.19. The largest absolute Gasteiger partial charge is 0.381 e. The molecule has 1 saturated heterocycles. The summed E-state index contributed by atoms with van der Waals surface area (Å²) in [4.78, 5) is 0. The molecule has 1 unspecified atom stereocenters. The first-order valence-corrected chi connectivity index (χ1v) is 5.22. The first kappa shape index (κ1) is 9.44. The van der Waals surface area contributed by atoms with Crippen molar-refractivity contribution in [3.05, 3.63) is 0 Å². The van der Waals surface area contributed by atoms with Gasteiger partial charge in [-0.1, -0.05) is 0 Å². The van der Waals surface area contributed by atoms with E-state index in [-0.39, 0.29) is 0 Å². The van der Waals surface area contributed by atoms with Crippen LogP contribution in [0.15, 0.2) is 0 Å². The van der Waals surface area contributed by atoms with Crippen LogP contribution < -0.4 is 5.32 Å². The highest BCUT2D eigenvalue weighted by atomic mass is 16.5. The van der Waals surface area contributed by atoms with E-state index in [1.165, 1.54) is 19.3 Å². The fourth-order valence-corrected chi connectivity index (χ4v) is 2.00. The zero-order chi connectivity index (χ0) is 9.10. The van der Waals surface area contributed by atoms with E-state index in [2.05, 4.69) is 5.32 Å². The molecule has 0 aromatic carbocycles. The normalized spacial score (nSPS) is 39.0. The van der Waals surface area contributed by atoms with E-state index < -0.39 is 0 Å². The third kappa shape index (κ3) is 2.42. The first-order valence-electron chi connectivity index (χ1n) is 5.22. The van der Waals surface area contributed by atoms with Gasteiger partial charge in [0.2, 0.25) is 0 Å². The van der Waals surface area contributed by atoms with E-state index in [0.717, 1.165) is 25.7 Å². The lowest BCUT2D eigenvalue weighted by atomic mass is 9.89. The van der Waals surface area contributed by atoms with E-state index >= 15 is 0 Å². The van der Waals surface area contributed by atoms with E-state index in [1.54, 1.807) is 7.11 Å². The second-order valence-corrected chi connectivity index (χ2v) is 4.16. The maximum Gasteiger partial charge on any atom is 0.0601 e. The number of methoxy groups -OCH3 is 1. The number of nitrogens with one attached hydrogen (secondary N) is 1. The fraction of sp³-hybridized carbons (Fsp3) is 1.00. The minimum absolute atomic E-state index is 0.511. The van der Waals surface area contributed by atoms with Gasteiger partial charge >= 0.3 is 0 Å². The van der Waals surface area contributed by atoms with Gasteiger partial charge in [0.15, 0.2) is 0 Å². The summed E-state index contributed by atoms with van der Waals surface area (Å²) in [5.41, 5.74) is 0. The molecule has 2 aliphatic rings. The van der Waals surface area contributed by atoms with Crippen molar-refractivity contribution in [2.45, 2.75) is 31.4 Å². The standard InChI is InChI=1S/C10H19NO2/c1-12-10-4-9(5-10)11-6-8-2-3-13-7-8/h8-11H,2-7H2,1H3. The third-order valence-electron chi connectivity index (χ3n) is 3.15. The monoisotopic (exact) mass is 185 g/mol. The number of hydrogen-bond acceptors (Lipinski definition) is 3. The topological polar surface area (TPSA) is 30.5 Å². The summed E-state index contributed by atoms with van der Waals surface area (Å²) in [6, 6.07) is 0.700. The molecule has 1 aliphatic carbocycles. The van der Waals surface area contributed by atoms with Crippen LogP contribution in [0.5, 0.6) is 0 Å². The molecular formula is C10H19NO2. The number of ether oxygens (including phenoxy) is 2. The molecule has 1 saturated carbocycles. The van der Waals surface area contributed by atoms with Crippen molar-refractivity contribution in [1.29, 1.82) is 0 Å². The minimum Gasteiger partial charge on any atom is -0.381 e. The van der Waals surface area contributed by atoms with Gasteiger partial charge in [0.1, 0.15) is 0 Å². The van der Waals surface area contributed by atoms with E-state index in [0.29, 0.717) is 12.1 Å². The highest BCUT2D eigenvalue weighted by Crippen LogP contribution is 2.23. The zero-order valence-corrected chi connectivity index (χ0v) is 8.29. The van der Waals surface area contributed by atoms with Gasteiger partial charge in [-0.3, -0.25) is 0 Å². The molecule has 13 heavy (non-hydrogen) atoms. The van der Waals surface area contributed by atoms with Crippen molar-refractivity contribution in [3.8, 4) is 0 Å². The quantitative estimate of drug-likeness (QED) is 0.702. The molecule has 0 bridgehead atoms. The third-order valence-corrected chi connectivity index (χ3v) is 3.15. The predicted molar refractivity (Wildman–Crippen MR) is 50.7 cm³/mol.